The Balaban J connectivity index is 2.17. The Bertz CT molecular complexity index is 761. The van der Waals surface area contributed by atoms with Crippen molar-refractivity contribution in [3.8, 4) is 0 Å². The summed E-state index contributed by atoms with van der Waals surface area (Å²) in [5, 5.41) is 13.7. The summed E-state index contributed by atoms with van der Waals surface area (Å²) in [6, 6.07) is 8.72. The molecule has 3 nitrogen and oxygen atoms in total. The molecular formula is C24H31NO2. The van der Waals surface area contributed by atoms with Crippen LogP contribution in [0.5, 0.6) is 0 Å². The lowest BCUT2D eigenvalue weighted by atomic mass is 9.87. The number of hydrogen-bond donors (Lipinski definition) is 1. The molecule has 1 aliphatic rings. The Morgan fingerprint density at radius 2 is 1.85 bits per heavy atom. The molecule has 1 aromatic carbocycles. The predicted molar refractivity (Wildman–Crippen MR) is 113 cm³/mol. The molecule has 0 bridgehead atoms. The Kier molecular flexibility index (Phi) is 7.09. The van der Waals surface area contributed by atoms with Crippen molar-refractivity contribution in [1.82, 2.24) is 0 Å². The smallest absolute Gasteiger partial charge is 0.0824 e. The first kappa shape index (κ1) is 21.0. The summed E-state index contributed by atoms with van der Waals surface area (Å²) in [6.45, 7) is 12.2. The maximum absolute atomic E-state index is 10.7. The van der Waals surface area contributed by atoms with Gasteiger partial charge in [-0.25, -0.2) is 0 Å². The molecule has 0 fully saturated rings. The molecule has 0 radical (unpaired) electrons. The SMILES string of the molecule is C=CC1=CCC(Cc2ccc(CC(C)(C)C)cc2)C(O)C=C1/C=C(\C)N=O. The van der Waals surface area contributed by atoms with Crippen LogP contribution < -0.4 is 0 Å². The van der Waals surface area contributed by atoms with Crippen LogP contribution in [0, 0.1) is 16.2 Å². The van der Waals surface area contributed by atoms with Crippen molar-refractivity contribution < 1.29 is 5.11 Å². The van der Waals surface area contributed by atoms with Crippen molar-refractivity contribution in [3.05, 3.63) is 88.0 Å². The van der Waals surface area contributed by atoms with Crippen LogP contribution in [0.4, 0.5) is 0 Å². The molecule has 0 saturated heterocycles. The first-order chi connectivity index (χ1) is 12.7. The highest BCUT2D eigenvalue weighted by Gasteiger charge is 2.21. The minimum absolute atomic E-state index is 0.0869. The van der Waals surface area contributed by atoms with E-state index < -0.39 is 6.10 Å². The molecule has 0 heterocycles. The van der Waals surface area contributed by atoms with Crippen molar-refractivity contribution >= 4 is 0 Å². The Morgan fingerprint density at radius 3 is 2.41 bits per heavy atom. The van der Waals surface area contributed by atoms with E-state index in [1.54, 1.807) is 19.1 Å². The highest BCUT2D eigenvalue weighted by Crippen LogP contribution is 2.28. The van der Waals surface area contributed by atoms with Crippen LogP contribution in [-0.4, -0.2) is 11.2 Å². The third-order valence-corrected chi connectivity index (χ3v) is 4.79. The zero-order valence-electron chi connectivity index (χ0n) is 16.9. The van der Waals surface area contributed by atoms with Gasteiger partial charge in [-0.1, -0.05) is 63.8 Å². The molecular weight excluding hydrogens is 334 g/mol. The summed E-state index contributed by atoms with van der Waals surface area (Å²) in [7, 11) is 0. The van der Waals surface area contributed by atoms with Gasteiger partial charge in [-0.3, -0.25) is 0 Å². The van der Waals surface area contributed by atoms with Gasteiger partial charge in [0.05, 0.1) is 11.8 Å². The number of benzene rings is 1. The summed E-state index contributed by atoms with van der Waals surface area (Å²) in [5.74, 6) is 0.0869. The lowest BCUT2D eigenvalue weighted by Crippen LogP contribution is -2.19. The number of hydrogen-bond acceptors (Lipinski definition) is 3. The Labute approximate surface area is 163 Å². The molecule has 1 N–H and O–H groups in total. The summed E-state index contributed by atoms with van der Waals surface area (Å²) in [6.07, 6.45) is 9.39. The van der Waals surface area contributed by atoms with Gasteiger partial charge in [-0.15, -0.1) is 4.91 Å². The molecule has 2 unspecified atom stereocenters. The van der Waals surface area contributed by atoms with E-state index >= 15 is 0 Å². The summed E-state index contributed by atoms with van der Waals surface area (Å²) in [4.78, 5) is 10.7. The van der Waals surface area contributed by atoms with Gasteiger partial charge in [0, 0.05) is 0 Å². The van der Waals surface area contributed by atoms with E-state index in [-0.39, 0.29) is 11.3 Å². The van der Waals surface area contributed by atoms with Gasteiger partial charge in [0.25, 0.3) is 0 Å². The number of aliphatic hydroxyl groups is 1. The first-order valence-corrected chi connectivity index (χ1v) is 9.54. The maximum atomic E-state index is 10.7. The fourth-order valence-electron chi connectivity index (χ4n) is 3.45. The minimum Gasteiger partial charge on any atom is -0.389 e. The van der Waals surface area contributed by atoms with Crippen LogP contribution in [0.1, 0.15) is 45.2 Å². The highest BCUT2D eigenvalue weighted by molar-refractivity contribution is 5.48. The number of nitroso groups, excluding NO2 is 1. The molecule has 0 saturated carbocycles. The molecule has 0 spiro atoms. The quantitative estimate of drug-likeness (QED) is 0.637. The molecule has 0 aromatic heterocycles. The van der Waals surface area contributed by atoms with E-state index in [2.05, 4.69) is 62.9 Å². The van der Waals surface area contributed by atoms with Gasteiger partial charge < -0.3 is 5.11 Å². The molecule has 0 amide bonds. The second kappa shape index (κ2) is 9.09. The van der Waals surface area contributed by atoms with Gasteiger partial charge in [0.2, 0.25) is 0 Å². The van der Waals surface area contributed by atoms with Crippen molar-refractivity contribution in [2.45, 2.75) is 53.1 Å². The first-order valence-electron chi connectivity index (χ1n) is 9.54. The average molecular weight is 366 g/mol. The van der Waals surface area contributed by atoms with Gasteiger partial charge >= 0.3 is 0 Å². The highest BCUT2D eigenvalue weighted by atomic mass is 16.3. The van der Waals surface area contributed by atoms with Gasteiger partial charge in [-0.2, -0.15) is 0 Å². The second-order valence-corrected chi connectivity index (χ2v) is 8.61. The molecule has 1 aliphatic carbocycles. The molecule has 1 aromatic rings. The second-order valence-electron chi connectivity index (χ2n) is 8.61. The summed E-state index contributed by atoms with van der Waals surface area (Å²) in [5.41, 5.74) is 4.95. The number of rotatable bonds is 6. The fourth-order valence-corrected chi connectivity index (χ4v) is 3.45. The largest absolute Gasteiger partial charge is 0.389 e. The van der Waals surface area contributed by atoms with E-state index in [0.29, 0.717) is 5.70 Å². The van der Waals surface area contributed by atoms with E-state index in [0.717, 1.165) is 30.4 Å². The molecule has 144 valence electrons. The molecule has 2 rings (SSSR count). The van der Waals surface area contributed by atoms with Gasteiger partial charge in [-0.05, 0) is 77.1 Å². The number of allylic oxidation sites excluding steroid dienone is 6. The van der Waals surface area contributed by atoms with Crippen molar-refractivity contribution in [1.29, 1.82) is 0 Å². The van der Waals surface area contributed by atoms with Gasteiger partial charge in [0.15, 0.2) is 0 Å². The van der Waals surface area contributed by atoms with Crippen LogP contribution >= 0.6 is 0 Å². The monoisotopic (exact) mass is 365 g/mol. The lowest BCUT2D eigenvalue weighted by Gasteiger charge is -2.20. The maximum Gasteiger partial charge on any atom is 0.0824 e. The van der Waals surface area contributed by atoms with Crippen molar-refractivity contribution in [2.75, 3.05) is 0 Å². The third kappa shape index (κ3) is 6.44. The molecule has 27 heavy (non-hydrogen) atoms. The van der Waals surface area contributed by atoms with E-state index in [9.17, 15) is 10.0 Å². The van der Waals surface area contributed by atoms with Crippen molar-refractivity contribution in [2.24, 2.45) is 16.5 Å². The topological polar surface area (TPSA) is 49.7 Å². The van der Waals surface area contributed by atoms with Crippen LogP contribution in [0.25, 0.3) is 0 Å². The normalized spacial score (nSPS) is 21.1. The lowest BCUT2D eigenvalue weighted by molar-refractivity contribution is 0.154. The number of nitrogens with zero attached hydrogens (tertiary/aromatic N) is 1. The van der Waals surface area contributed by atoms with Gasteiger partial charge in [0.1, 0.15) is 0 Å². The van der Waals surface area contributed by atoms with Crippen molar-refractivity contribution in [3.63, 3.8) is 0 Å². The van der Waals surface area contributed by atoms with E-state index in [1.165, 1.54) is 11.1 Å². The van der Waals surface area contributed by atoms with Crippen LogP contribution in [-0.2, 0) is 12.8 Å². The summed E-state index contributed by atoms with van der Waals surface area (Å²) < 4.78 is 0. The van der Waals surface area contributed by atoms with Crippen LogP contribution in [0.15, 0.2) is 77.2 Å². The third-order valence-electron chi connectivity index (χ3n) is 4.79. The van der Waals surface area contributed by atoms with E-state index in [1.807, 2.05) is 6.08 Å². The average Bonchev–Trinajstić information content (AvgIpc) is 2.74. The molecule has 3 heteroatoms. The minimum atomic E-state index is -0.585. The summed E-state index contributed by atoms with van der Waals surface area (Å²) >= 11 is 0. The standard InChI is InChI=1S/C24H31NO2/c1-6-20-11-12-21(23(26)15-22(20)13-17(2)25-27)14-18-7-9-19(10-8-18)16-24(3,4)5/h6-11,13,15,21,23,26H,1,12,14,16H2,2-5H3/b17-13+. The number of aliphatic hydroxyl groups excluding tert-OH is 1. The van der Waals surface area contributed by atoms with E-state index in [4.69, 9.17) is 0 Å². The zero-order valence-corrected chi connectivity index (χ0v) is 16.9. The Morgan fingerprint density at radius 1 is 1.22 bits per heavy atom. The Hall–Kier alpha value is -2.26. The zero-order chi connectivity index (χ0) is 20.0. The predicted octanol–water partition coefficient (Wildman–Crippen LogP) is 5.91. The van der Waals surface area contributed by atoms with Crippen LogP contribution in [0.3, 0.4) is 0 Å². The fraction of sp³-hybridized carbons (Fsp3) is 0.417. The van der Waals surface area contributed by atoms with Crippen LogP contribution in [0.2, 0.25) is 0 Å². The molecule has 0 aliphatic heterocycles. The molecule has 2 atom stereocenters.